The van der Waals surface area contributed by atoms with Crippen molar-refractivity contribution in [1.82, 2.24) is 10.6 Å². The number of nitriles is 1. The lowest BCUT2D eigenvalue weighted by molar-refractivity contribution is 0.0603. The van der Waals surface area contributed by atoms with Crippen LogP contribution in [-0.2, 0) is 11.3 Å². The Hall–Kier alpha value is -4.78. The van der Waals surface area contributed by atoms with Gasteiger partial charge in [-0.25, -0.2) is 13.6 Å². The highest BCUT2D eigenvalue weighted by molar-refractivity contribution is 6.12. The zero-order chi connectivity index (χ0) is 27.9. The number of guanidine groups is 1. The summed E-state index contributed by atoms with van der Waals surface area (Å²) in [7, 11) is 1.41. The van der Waals surface area contributed by atoms with Crippen LogP contribution in [0.4, 0.5) is 13.6 Å². The number of carbonyl (C=O) groups is 2. The van der Waals surface area contributed by atoms with Crippen molar-refractivity contribution in [2.75, 3.05) is 7.05 Å². The summed E-state index contributed by atoms with van der Waals surface area (Å²) in [5, 5.41) is 14.8. The first-order valence-electron chi connectivity index (χ1n) is 11.5. The molecule has 0 aliphatic heterocycles. The first-order valence-corrected chi connectivity index (χ1v) is 11.5. The second-order valence-corrected chi connectivity index (χ2v) is 8.99. The van der Waals surface area contributed by atoms with Gasteiger partial charge >= 0.3 is 6.09 Å². The fraction of sp³-hybridized carbons (Fsp3) is 0.214. The smallest absolute Gasteiger partial charge is 0.437 e. The highest BCUT2D eigenvalue weighted by atomic mass is 19.2. The molecule has 0 saturated carbocycles. The number of halogens is 2. The van der Waals surface area contributed by atoms with E-state index in [1.165, 1.54) is 31.3 Å². The van der Waals surface area contributed by atoms with Crippen molar-refractivity contribution in [3.63, 3.8) is 0 Å². The van der Waals surface area contributed by atoms with Gasteiger partial charge in [-0.05, 0) is 44.5 Å². The summed E-state index contributed by atoms with van der Waals surface area (Å²) in [6, 6.07) is 17.2. The van der Waals surface area contributed by atoms with Crippen molar-refractivity contribution in [3.8, 4) is 22.9 Å². The summed E-state index contributed by atoms with van der Waals surface area (Å²) in [6.07, 6.45) is -0.968. The molecule has 0 spiro atoms. The van der Waals surface area contributed by atoms with Gasteiger partial charge in [0, 0.05) is 18.2 Å². The Morgan fingerprint density at radius 2 is 1.74 bits per heavy atom. The van der Waals surface area contributed by atoms with Crippen molar-refractivity contribution in [2.45, 2.75) is 33.0 Å². The van der Waals surface area contributed by atoms with Crippen LogP contribution in [0.1, 0.15) is 42.3 Å². The maximum Gasteiger partial charge on any atom is 0.437 e. The molecule has 3 aromatic rings. The molecule has 2 amide bonds. The van der Waals surface area contributed by atoms with Gasteiger partial charge < -0.3 is 14.8 Å². The minimum Gasteiger partial charge on any atom is -0.488 e. The number of carbonyl (C=O) groups excluding carboxylic acids is 2. The summed E-state index contributed by atoms with van der Waals surface area (Å²) in [5.74, 6) is -3.56. The predicted molar refractivity (Wildman–Crippen MR) is 137 cm³/mol. The first-order chi connectivity index (χ1) is 18.0. The lowest BCUT2D eigenvalue weighted by Crippen LogP contribution is -2.40. The van der Waals surface area contributed by atoms with E-state index in [0.29, 0.717) is 0 Å². The summed E-state index contributed by atoms with van der Waals surface area (Å²) in [4.78, 5) is 29.5. The Morgan fingerprint density at radius 1 is 1.03 bits per heavy atom. The highest BCUT2D eigenvalue weighted by Crippen LogP contribution is 2.36. The van der Waals surface area contributed by atoms with Gasteiger partial charge in [0.05, 0.1) is 17.2 Å². The Morgan fingerprint density at radius 3 is 2.37 bits per heavy atom. The van der Waals surface area contributed by atoms with Gasteiger partial charge in [0.25, 0.3) is 5.91 Å². The molecule has 10 heteroatoms. The largest absolute Gasteiger partial charge is 0.488 e. The van der Waals surface area contributed by atoms with E-state index in [9.17, 15) is 23.6 Å². The Kier molecular flexibility index (Phi) is 8.76. The number of nitrogens with zero attached hydrogens (tertiary/aromatic N) is 2. The van der Waals surface area contributed by atoms with E-state index in [2.05, 4.69) is 15.6 Å². The molecule has 0 bridgehead atoms. The second kappa shape index (κ2) is 12.0. The molecule has 0 aliphatic rings. The zero-order valence-electron chi connectivity index (χ0n) is 21.3. The second-order valence-electron chi connectivity index (χ2n) is 8.99. The molecule has 8 nitrogen and oxygen atoms in total. The van der Waals surface area contributed by atoms with Crippen LogP contribution in [0.3, 0.4) is 0 Å². The summed E-state index contributed by atoms with van der Waals surface area (Å²) in [6.45, 7) is 5.01. The lowest BCUT2D eigenvalue weighted by Gasteiger charge is -2.19. The predicted octanol–water partition coefficient (Wildman–Crippen LogP) is 5.32. The van der Waals surface area contributed by atoms with E-state index in [4.69, 9.17) is 9.47 Å². The van der Waals surface area contributed by atoms with Gasteiger partial charge in [-0.3, -0.25) is 10.1 Å². The molecule has 3 aromatic carbocycles. The van der Waals surface area contributed by atoms with Gasteiger partial charge in [-0.15, -0.1) is 4.99 Å². The van der Waals surface area contributed by atoms with E-state index in [0.717, 1.165) is 11.6 Å². The van der Waals surface area contributed by atoms with Gasteiger partial charge in [0.15, 0.2) is 11.6 Å². The Balaban J connectivity index is 2.13. The zero-order valence-corrected chi connectivity index (χ0v) is 21.3. The van der Waals surface area contributed by atoms with Gasteiger partial charge in [0.1, 0.15) is 18.0 Å². The van der Waals surface area contributed by atoms with Crippen molar-refractivity contribution in [1.29, 1.82) is 5.26 Å². The molecule has 2 N–H and O–H groups in total. The summed E-state index contributed by atoms with van der Waals surface area (Å²) < 4.78 is 40.2. The third kappa shape index (κ3) is 6.91. The third-order valence-electron chi connectivity index (χ3n) is 5.04. The third-order valence-corrected chi connectivity index (χ3v) is 5.04. The van der Waals surface area contributed by atoms with Crippen LogP contribution in [0.25, 0.3) is 11.1 Å². The number of benzene rings is 3. The van der Waals surface area contributed by atoms with Crippen LogP contribution >= 0.6 is 0 Å². The molecule has 0 aliphatic carbocycles. The maximum absolute atomic E-state index is 14.9. The van der Waals surface area contributed by atoms with Crippen LogP contribution in [0, 0.1) is 23.0 Å². The van der Waals surface area contributed by atoms with Gasteiger partial charge in [-0.1, -0.05) is 42.5 Å². The average Bonchev–Trinajstić information content (AvgIpc) is 2.87. The van der Waals surface area contributed by atoms with Crippen molar-refractivity contribution >= 4 is 18.0 Å². The quantitative estimate of drug-likeness (QED) is 0.348. The number of hydrogen-bond acceptors (Lipinski definition) is 5. The molecule has 0 aromatic heterocycles. The van der Waals surface area contributed by atoms with Crippen molar-refractivity contribution in [3.05, 3.63) is 89.0 Å². The minimum absolute atomic E-state index is 0.00302. The molecule has 0 saturated heterocycles. The average molecular weight is 521 g/mol. The van der Waals surface area contributed by atoms with Crippen LogP contribution in [-0.4, -0.2) is 30.6 Å². The standard InChI is InChI=1S/C28H26F2N4O4/c1-28(2,3)38-27(36)34-26(32-4)33-25(35)23-21(37-16-17-9-6-5-7-10-17)14-13-18(15-31)22(23)19-11-8-12-20(29)24(19)30/h5-14H,16H2,1-4H3,(H2,32,33,34,35,36). The summed E-state index contributed by atoms with van der Waals surface area (Å²) >= 11 is 0. The van der Waals surface area contributed by atoms with E-state index in [-0.39, 0.29) is 40.6 Å². The topological polar surface area (TPSA) is 113 Å². The lowest BCUT2D eigenvalue weighted by atomic mass is 9.93. The molecular formula is C28H26F2N4O4. The fourth-order valence-electron chi connectivity index (χ4n) is 3.43. The van der Waals surface area contributed by atoms with Crippen molar-refractivity contribution in [2.24, 2.45) is 4.99 Å². The molecule has 0 heterocycles. The number of ether oxygens (including phenoxy) is 2. The monoisotopic (exact) mass is 520 g/mol. The van der Waals surface area contributed by atoms with Gasteiger partial charge in [-0.2, -0.15) is 5.26 Å². The van der Waals surface area contributed by atoms with Crippen LogP contribution in [0.15, 0.2) is 65.7 Å². The minimum atomic E-state index is -1.24. The number of aliphatic imine (C=N–C) groups is 1. The highest BCUT2D eigenvalue weighted by Gasteiger charge is 2.26. The molecule has 0 radical (unpaired) electrons. The molecule has 38 heavy (non-hydrogen) atoms. The fourth-order valence-corrected chi connectivity index (χ4v) is 3.43. The number of rotatable bonds is 5. The molecular weight excluding hydrogens is 494 g/mol. The number of hydrogen-bond donors (Lipinski definition) is 2. The maximum atomic E-state index is 14.9. The summed E-state index contributed by atoms with van der Waals surface area (Å²) in [5.41, 5.74) is -0.889. The van der Waals surface area contributed by atoms with Gasteiger partial charge in [0.2, 0.25) is 5.96 Å². The molecule has 0 fully saturated rings. The molecule has 196 valence electrons. The van der Waals surface area contributed by atoms with Crippen molar-refractivity contribution < 1.29 is 27.8 Å². The van der Waals surface area contributed by atoms with E-state index < -0.39 is 29.2 Å². The van der Waals surface area contributed by atoms with E-state index >= 15 is 0 Å². The normalized spacial score (nSPS) is 11.3. The molecule has 0 unspecified atom stereocenters. The van der Waals surface area contributed by atoms with E-state index in [1.807, 2.05) is 36.4 Å². The number of nitrogens with one attached hydrogen (secondary N) is 2. The molecule has 3 rings (SSSR count). The SMILES string of the molecule is CN/C(=N\C(=O)OC(C)(C)C)NC(=O)c1c(OCc2ccccc2)ccc(C#N)c1-c1cccc(F)c1F. The van der Waals surface area contributed by atoms with Crippen LogP contribution < -0.4 is 15.4 Å². The first kappa shape index (κ1) is 27.8. The number of amides is 2. The Labute approximate surface area is 218 Å². The molecule has 0 atom stereocenters. The van der Waals surface area contributed by atoms with E-state index in [1.54, 1.807) is 20.8 Å². The Bertz CT molecular complexity index is 1410. The van der Waals surface area contributed by atoms with Crippen LogP contribution in [0.5, 0.6) is 5.75 Å². The van der Waals surface area contributed by atoms with Crippen LogP contribution in [0.2, 0.25) is 0 Å².